The molecule has 0 aromatic rings. The molecule has 0 saturated heterocycles. The number of hydrogen-bond acceptors (Lipinski definition) is 1. The van der Waals surface area contributed by atoms with Gasteiger partial charge in [0, 0.05) is 0 Å². The summed E-state index contributed by atoms with van der Waals surface area (Å²) in [6.07, 6.45) is 4.44. The van der Waals surface area contributed by atoms with E-state index in [0.717, 1.165) is 24.7 Å². The molecule has 0 aromatic heterocycles. The van der Waals surface area contributed by atoms with Gasteiger partial charge in [-0.3, -0.25) is 0 Å². The molecule has 0 unspecified atom stereocenters. The van der Waals surface area contributed by atoms with Crippen LogP contribution in [0.25, 0.3) is 0 Å². The van der Waals surface area contributed by atoms with Gasteiger partial charge in [0.1, 0.15) is 0 Å². The van der Waals surface area contributed by atoms with Crippen molar-refractivity contribution in [2.75, 3.05) is 0 Å². The summed E-state index contributed by atoms with van der Waals surface area (Å²) in [6, 6.07) is 0. The maximum atomic E-state index is 10.2. The van der Waals surface area contributed by atoms with Gasteiger partial charge in [0.05, 0.1) is 5.60 Å². The Morgan fingerprint density at radius 3 is 1.85 bits per heavy atom. The van der Waals surface area contributed by atoms with Gasteiger partial charge in [0.2, 0.25) is 0 Å². The third-order valence-electron chi connectivity index (χ3n) is 3.91. The van der Waals surface area contributed by atoms with Gasteiger partial charge in [0.15, 0.2) is 0 Å². The van der Waals surface area contributed by atoms with E-state index in [1.807, 2.05) is 0 Å². The van der Waals surface area contributed by atoms with Crippen molar-refractivity contribution in [3.63, 3.8) is 0 Å². The van der Waals surface area contributed by atoms with E-state index in [1.54, 1.807) is 0 Å². The summed E-state index contributed by atoms with van der Waals surface area (Å²) in [4.78, 5) is 0. The SMILES string of the molecule is CC(C)[C@H]1CC[C@](O)(C(C)C)CC1. The maximum Gasteiger partial charge on any atom is 0.0670 e. The molecule has 78 valence electrons. The lowest BCUT2D eigenvalue weighted by atomic mass is 9.70. The molecule has 0 amide bonds. The van der Waals surface area contributed by atoms with Gasteiger partial charge >= 0.3 is 0 Å². The van der Waals surface area contributed by atoms with Crippen LogP contribution >= 0.6 is 0 Å². The van der Waals surface area contributed by atoms with E-state index in [-0.39, 0.29) is 5.60 Å². The molecule has 0 aromatic carbocycles. The van der Waals surface area contributed by atoms with E-state index in [1.165, 1.54) is 12.8 Å². The van der Waals surface area contributed by atoms with Crippen molar-refractivity contribution in [1.29, 1.82) is 0 Å². The quantitative estimate of drug-likeness (QED) is 0.698. The predicted molar refractivity (Wildman–Crippen MR) is 56.6 cm³/mol. The second-order valence-electron chi connectivity index (χ2n) is 5.34. The fraction of sp³-hybridized carbons (Fsp3) is 1.00. The summed E-state index contributed by atoms with van der Waals surface area (Å²) in [5, 5.41) is 10.2. The Kier molecular flexibility index (Phi) is 3.39. The molecule has 1 aliphatic rings. The fourth-order valence-electron chi connectivity index (χ4n) is 2.38. The molecule has 0 heterocycles. The van der Waals surface area contributed by atoms with Crippen LogP contribution in [-0.2, 0) is 0 Å². The van der Waals surface area contributed by atoms with Crippen LogP contribution in [0.2, 0.25) is 0 Å². The highest BCUT2D eigenvalue weighted by Crippen LogP contribution is 2.39. The Hall–Kier alpha value is -0.0400. The molecule has 1 nitrogen and oxygen atoms in total. The minimum atomic E-state index is -0.356. The summed E-state index contributed by atoms with van der Waals surface area (Å²) < 4.78 is 0. The average Bonchev–Trinajstić information content (AvgIpc) is 2.04. The van der Waals surface area contributed by atoms with Gasteiger partial charge in [-0.05, 0) is 43.4 Å². The lowest BCUT2D eigenvalue weighted by molar-refractivity contribution is -0.0521. The van der Waals surface area contributed by atoms with Crippen LogP contribution in [-0.4, -0.2) is 10.7 Å². The van der Waals surface area contributed by atoms with Crippen LogP contribution in [0, 0.1) is 17.8 Å². The maximum absolute atomic E-state index is 10.2. The molecule has 0 bridgehead atoms. The van der Waals surface area contributed by atoms with E-state index in [0.29, 0.717) is 5.92 Å². The largest absolute Gasteiger partial charge is 0.390 e. The first-order chi connectivity index (χ1) is 5.96. The monoisotopic (exact) mass is 184 g/mol. The van der Waals surface area contributed by atoms with Crippen molar-refractivity contribution in [2.24, 2.45) is 17.8 Å². The average molecular weight is 184 g/mol. The van der Waals surface area contributed by atoms with E-state index >= 15 is 0 Å². The minimum absolute atomic E-state index is 0.356. The summed E-state index contributed by atoms with van der Waals surface area (Å²) in [5.74, 6) is 2.05. The lowest BCUT2D eigenvalue weighted by Crippen LogP contribution is -2.39. The van der Waals surface area contributed by atoms with E-state index in [9.17, 15) is 5.11 Å². The third kappa shape index (κ3) is 2.46. The molecule has 13 heavy (non-hydrogen) atoms. The summed E-state index contributed by atoms with van der Waals surface area (Å²) in [6.45, 7) is 8.86. The standard InChI is InChI=1S/C12H24O/c1-9(2)11-5-7-12(13,8-6-11)10(3)4/h9-11,13H,5-8H2,1-4H3/t11-,12+. The van der Waals surface area contributed by atoms with Crippen molar-refractivity contribution in [3.8, 4) is 0 Å². The van der Waals surface area contributed by atoms with E-state index < -0.39 is 0 Å². The van der Waals surface area contributed by atoms with E-state index in [2.05, 4.69) is 27.7 Å². The molecule has 0 atom stereocenters. The first kappa shape index (κ1) is 11.0. The summed E-state index contributed by atoms with van der Waals surface area (Å²) in [5.41, 5.74) is -0.356. The molecule has 0 spiro atoms. The number of aliphatic hydroxyl groups is 1. The second-order valence-corrected chi connectivity index (χ2v) is 5.34. The first-order valence-electron chi connectivity index (χ1n) is 5.68. The van der Waals surface area contributed by atoms with Gasteiger partial charge in [0.25, 0.3) is 0 Å². The molecule has 1 heteroatoms. The fourth-order valence-corrected chi connectivity index (χ4v) is 2.38. The molecular weight excluding hydrogens is 160 g/mol. The summed E-state index contributed by atoms with van der Waals surface area (Å²) >= 11 is 0. The van der Waals surface area contributed by atoms with Crippen LogP contribution in [0.15, 0.2) is 0 Å². The van der Waals surface area contributed by atoms with Crippen molar-refractivity contribution < 1.29 is 5.11 Å². The van der Waals surface area contributed by atoms with Gasteiger partial charge < -0.3 is 5.11 Å². The van der Waals surface area contributed by atoms with Crippen molar-refractivity contribution in [1.82, 2.24) is 0 Å². The Labute approximate surface area is 82.5 Å². The van der Waals surface area contributed by atoms with Gasteiger partial charge in [-0.1, -0.05) is 27.7 Å². The summed E-state index contributed by atoms with van der Waals surface area (Å²) in [7, 11) is 0. The molecule has 1 aliphatic carbocycles. The second kappa shape index (κ2) is 4.00. The zero-order valence-electron chi connectivity index (χ0n) is 9.51. The first-order valence-corrected chi connectivity index (χ1v) is 5.68. The Morgan fingerprint density at radius 1 is 1.08 bits per heavy atom. The highest BCUT2D eigenvalue weighted by molar-refractivity contribution is 4.88. The van der Waals surface area contributed by atoms with Crippen molar-refractivity contribution >= 4 is 0 Å². The lowest BCUT2D eigenvalue weighted by Gasteiger charge is -2.40. The highest BCUT2D eigenvalue weighted by Gasteiger charge is 2.36. The Balaban J connectivity index is 2.47. The zero-order chi connectivity index (χ0) is 10.1. The van der Waals surface area contributed by atoms with Gasteiger partial charge in [-0.2, -0.15) is 0 Å². The smallest absolute Gasteiger partial charge is 0.0670 e. The molecular formula is C12H24O. The molecule has 1 fully saturated rings. The van der Waals surface area contributed by atoms with Gasteiger partial charge in [-0.25, -0.2) is 0 Å². The van der Waals surface area contributed by atoms with Crippen molar-refractivity contribution in [2.45, 2.75) is 59.0 Å². The predicted octanol–water partition coefficient (Wildman–Crippen LogP) is 3.22. The van der Waals surface area contributed by atoms with Crippen LogP contribution in [0.5, 0.6) is 0 Å². The highest BCUT2D eigenvalue weighted by atomic mass is 16.3. The van der Waals surface area contributed by atoms with Crippen LogP contribution in [0.1, 0.15) is 53.4 Å². The number of hydrogen-bond donors (Lipinski definition) is 1. The zero-order valence-corrected chi connectivity index (χ0v) is 9.51. The van der Waals surface area contributed by atoms with E-state index in [4.69, 9.17) is 0 Å². The molecule has 1 saturated carbocycles. The van der Waals surface area contributed by atoms with Gasteiger partial charge in [-0.15, -0.1) is 0 Å². The normalized spacial score (nSPS) is 35.8. The Morgan fingerprint density at radius 2 is 1.54 bits per heavy atom. The third-order valence-corrected chi connectivity index (χ3v) is 3.91. The topological polar surface area (TPSA) is 20.2 Å². The van der Waals surface area contributed by atoms with Crippen LogP contribution in [0.3, 0.4) is 0 Å². The van der Waals surface area contributed by atoms with Crippen LogP contribution < -0.4 is 0 Å². The van der Waals surface area contributed by atoms with Crippen LogP contribution in [0.4, 0.5) is 0 Å². The molecule has 1 N–H and O–H groups in total. The molecule has 0 aliphatic heterocycles. The number of rotatable bonds is 2. The Bertz CT molecular complexity index is 153. The minimum Gasteiger partial charge on any atom is -0.390 e. The van der Waals surface area contributed by atoms with Crippen molar-refractivity contribution in [3.05, 3.63) is 0 Å². The molecule has 0 radical (unpaired) electrons. The molecule has 1 rings (SSSR count).